The van der Waals surface area contributed by atoms with Crippen LogP contribution in [0.2, 0.25) is 0 Å². The van der Waals surface area contributed by atoms with Crippen LogP contribution in [-0.4, -0.2) is 32.9 Å². The first-order valence-corrected chi connectivity index (χ1v) is 10.9. The summed E-state index contributed by atoms with van der Waals surface area (Å²) in [6.45, 7) is 7.77. The van der Waals surface area contributed by atoms with Crippen LogP contribution < -0.4 is 9.47 Å². The van der Waals surface area contributed by atoms with Crippen LogP contribution in [0.1, 0.15) is 52.0 Å². The van der Waals surface area contributed by atoms with Gasteiger partial charge in [-0.2, -0.15) is 0 Å². The minimum atomic E-state index is -0.0228. The van der Waals surface area contributed by atoms with E-state index in [1.807, 2.05) is 18.2 Å². The highest BCUT2D eigenvalue weighted by Crippen LogP contribution is 2.42. The number of esters is 1. The summed E-state index contributed by atoms with van der Waals surface area (Å²) in [4.78, 5) is 12.7. The predicted octanol–water partition coefficient (Wildman–Crippen LogP) is 4.86. The number of hydrogen-bond donors (Lipinski definition) is 0. The maximum absolute atomic E-state index is 12.7. The number of hydrogen-bond acceptors (Lipinski definition) is 5. The Morgan fingerprint density at radius 3 is 2.62 bits per heavy atom. The zero-order chi connectivity index (χ0) is 21.0. The van der Waals surface area contributed by atoms with Crippen LogP contribution in [-0.2, 0) is 20.9 Å². The van der Waals surface area contributed by atoms with E-state index >= 15 is 0 Å². The van der Waals surface area contributed by atoms with Crippen LogP contribution in [0.25, 0.3) is 0 Å². The van der Waals surface area contributed by atoms with Crippen molar-refractivity contribution < 1.29 is 23.7 Å². The summed E-state index contributed by atoms with van der Waals surface area (Å²) in [5.74, 6) is 3.44. The molecule has 2 saturated carbocycles. The van der Waals surface area contributed by atoms with Gasteiger partial charge in [0.1, 0.15) is 17.6 Å². The van der Waals surface area contributed by atoms with E-state index in [9.17, 15) is 4.79 Å². The minimum Gasteiger partial charge on any atom is -0.497 e. The third kappa shape index (κ3) is 5.65. The Balaban J connectivity index is 1.44. The van der Waals surface area contributed by atoms with Crippen LogP contribution in [0, 0.1) is 29.6 Å². The molecule has 3 rings (SSSR count). The summed E-state index contributed by atoms with van der Waals surface area (Å²) in [7, 11) is 3.27. The third-order valence-electron chi connectivity index (χ3n) is 6.54. The fraction of sp³-hybridized carbons (Fsp3) is 0.708. The summed E-state index contributed by atoms with van der Waals surface area (Å²) >= 11 is 0. The normalized spacial score (nSPS) is 28.8. The average molecular weight is 405 g/mol. The smallest absolute Gasteiger partial charge is 0.309 e. The molecular formula is C24H36O5. The molecule has 5 atom stereocenters. The van der Waals surface area contributed by atoms with E-state index in [2.05, 4.69) is 20.8 Å². The molecule has 0 heterocycles. The van der Waals surface area contributed by atoms with E-state index < -0.39 is 0 Å². The van der Waals surface area contributed by atoms with Crippen molar-refractivity contribution in [3.8, 4) is 11.5 Å². The summed E-state index contributed by atoms with van der Waals surface area (Å²) in [6.07, 6.45) is 4.35. The lowest BCUT2D eigenvalue weighted by Crippen LogP contribution is -2.36. The molecule has 0 spiro atoms. The van der Waals surface area contributed by atoms with E-state index in [1.165, 1.54) is 6.42 Å². The molecule has 162 valence electrons. The van der Waals surface area contributed by atoms with E-state index in [1.54, 1.807) is 14.2 Å². The van der Waals surface area contributed by atoms with Crippen LogP contribution in [0.3, 0.4) is 0 Å². The van der Waals surface area contributed by atoms with Gasteiger partial charge in [-0.25, -0.2) is 0 Å². The first-order chi connectivity index (χ1) is 13.9. The fourth-order valence-electron chi connectivity index (χ4n) is 4.50. The van der Waals surface area contributed by atoms with Crippen molar-refractivity contribution in [2.45, 2.75) is 59.2 Å². The van der Waals surface area contributed by atoms with Crippen LogP contribution >= 0.6 is 0 Å². The Bertz CT molecular complexity index is 686. The van der Waals surface area contributed by atoms with E-state index in [-0.39, 0.29) is 23.9 Å². The highest BCUT2D eigenvalue weighted by atomic mass is 16.5. The van der Waals surface area contributed by atoms with Gasteiger partial charge in [0, 0.05) is 11.6 Å². The number of ether oxygens (including phenoxy) is 4. The molecule has 2 fully saturated rings. The van der Waals surface area contributed by atoms with Crippen molar-refractivity contribution in [2.75, 3.05) is 20.8 Å². The molecule has 0 amide bonds. The highest BCUT2D eigenvalue weighted by molar-refractivity contribution is 5.76. The van der Waals surface area contributed by atoms with Crippen molar-refractivity contribution >= 4 is 5.97 Å². The Morgan fingerprint density at radius 1 is 1.14 bits per heavy atom. The van der Waals surface area contributed by atoms with Gasteiger partial charge < -0.3 is 18.9 Å². The number of rotatable bonds is 9. The standard InChI is InChI=1S/C24H36O5/c1-15(2)20-9-6-16(3)10-23(20)29-24(25)21-11-18(21)14-28-13-17-7-8-19(26-4)12-22(17)27-5/h7-8,12,15-16,18,20-21,23H,6,9-11,13-14H2,1-5H3. The molecule has 0 aromatic heterocycles. The predicted molar refractivity (Wildman–Crippen MR) is 112 cm³/mol. The molecule has 1 aromatic rings. The lowest BCUT2D eigenvalue weighted by Gasteiger charge is -2.36. The molecule has 0 saturated heterocycles. The summed E-state index contributed by atoms with van der Waals surface area (Å²) in [5, 5.41) is 0. The first kappa shape index (κ1) is 21.9. The molecule has 5 nitrogen and oxygen atoms in total. The average Bonchev–Trinajstić information content (AvgIpc) is 3.47. The quantitative estimate of drug-likeness (QED) is 0.550. The number of carbonyl (C=O) groups excluding carboxylic acids is 1. The van der Waals surface area contributed by atoms with Gasteiger partial charge in [-0.3, -0.25) is 4.79 Å². The number of benzene rings is 1. The third-order valence-corrected chi connectivity index (χ3v) is 6.54. The number of carbonyl (C=O) groups is 1. The molecule has 2 aliphatic carbocycles. The molecule has 5 unspecified atom stereocenters. The summed E-state index contributed by atoms with van der Waals surface area (Å²) < 4.78 is 22.5. The minimum absolute atomic E-state index is 0.00203. The Labute approximate surface area is 175 Å². The lowest BCUT2D eigenvalue weighted by molar-refractivity contribution is -0.158. The summed E-state index contributed by atoms with van der Waals surface area (Å²) in [5.41, 5.74) is 0.976. The molecule has 1 aromatic carbocycles. The Kier molecular flexibility index (Phi) is 7.44. The van der Waals surface area contributed by atoms with Crippen molar-refractivity contribution in [1.29, 1.82) is 0 Å². The van der Waals surface area contributed by atoms with Crippen molar-refractivity contribution in [3.63, 3.8) is 0 Å². The van der Waals surface area contributed by atoms with E-state index in [0.717, 1.165) is 36.3 Å². The van der Waals surface area contributed by atoms with Gasteiger partial charge in [0.25, 0.3) is 0 Å². The largest absolute Gasteiger partial charge is 0.497 e. The second kappa shape index (κ2) is 9.84. The molecular weight excluding hydrogens is 368 g/mol. The second-order valence-electron chi connectivity index (χ2n) is 9.10. The maximum atomic E-state index is 12.7. The molecule has 0 aliphatic heterocycles. The monoisotopic (exact) mass is 404 g/mol. The van der Waals surface area contributed by atoms with Gasteiger partial charge >= 0.3 is 5.97 Å². The van der Waals surface area contributed by atoms with Crippen molar-refractivity contribution in [2.24, 2.45) is 29.6 Å². The van der Waals surface area contributed by atoms with Gasteiger partial charge in [0.05, 0.1) is 33.4 Å². The van der Waals surface area contributed by atoms with Crippen LogP contribution in [0.4, 0.5) is 0 Å². The zero-order valence-electron chi connectivity index (χ0n) is 18.5. The molecule has 0 N–H and O–H groups in total. The SMILES string of the molecule is COc1ccc(COCC2CC2C(=O)OC2CC(C)CCC2C(C)C)c(OC)c1. The fourth-order valence-corrected chi connectivity index (χ4v) is 4.50. The van der Waals surface area contributed by atoms with Crippen LogP contribution in [0.15, 0.2) is 18.2 Å². The van der Waals surface area contributed by atoms with Gasteiger partial charge in [-0.15, -0.1) is 0 Å². The van der Waals surface area contributed by atoms with Gasteiger partial charge in [0.15, 0.2) is 0 Å². The van der Waals surface area contributed by atoms with Crippen molar-refractivity contribution in [3.05, 3.63) is 23.8 Å². The highest BCUT2D eigenvalue weighted by Gasteiger charge is 2.46. The van der Waals surface area contributed by atoms with Crippen LogP contribution in [0.5, 0.6) is 11.5 Å². The lowest BCUT2D eigenvalue weighted by atomic mass is 9.75. The van der Waals surface area contributed by atoms with Gasteiger partial charge in [-0.1, -0.05) is 27.2 Å². The molecule has 0 radical (unpaired) electrons. The van der Waals surface area contributed by atoms with E-state index in [0.29, 0.717) is 31.0 Å². The second-order valence-corrected chi connectivity index (χ2v) is 9.10. The Hall–Kier alpha value is -1.75. The zero-order valence-corrected chi connectivity index (χ0v) is 18.5. The Morgan fingerprint density at radius 2 is 1.93 bits per heavy atom. The summed E-state index contributed by atoms with van der Waals surface area (Å²) in [6, 6.07) is 5.70. The molecule has 29 heavy (non-hydrogen) atoms. The topological polar surface area (TPSA) is 54.0 Å². The molecule has 0 bridgehead atoms. The molecule has 2 aliphatic rings. The van der Waals surface area contributed by atoms with Gasteiger partial charge in [-0.05, 0) is 55.1 Å². The molecule has 5 heteroatoms. The first-order valence-electron chi connectivity index (χ1n) is 10.9. The maximum Gasteiger partial charge on any atom is 0.309 e. The van der Waals surface area contributed by atoms with Gasteiger partial charge in [0.2, 0.25) is 0 Å². The van der Waals surface area contributed by atoms with Crippen molar-refractivity contribution in [1.82, 2.24) is 0 Å². The number of methoxy groups -OCH3 is 2. The van der Waals surface area contributed by atoms with E-state index in [4.69, 9.17) is 18.9 Å².